The fourth-order valence-corrected chi connectivity index (χ4v) is 3.10. The van der Waals surface area contributed by atoms with E-state index in [0.717, 1.165) is 44.4 Å². The highest BCUT2D eigenvalue weighted by Crippen LogP contribution is 2.21. The Balaban J connectivity index is 0.00000280. The van der Waals surface area contributed by atoms with Gasteiger partial charge >= 0.3 is 0 Å². The van der Waals surface area contributed by atoms with Crippen molar-refractivity contribution in [2.75, 3.05) is 37.7 Å². The predicted molar refractivity (Wildman–Crippen MR) is 123 cm³/mol. The highest BCUT2D eigenvalue weighted by molar-refractivity contribution is 14.0. The molecule has 0 amide bonds. The van der Waals surface area contributed by atoms with Gasteiger partial charge < -0.3 is 20.3 Å². The maximum Gasteiger partial charge on any atom is 0.191 e. The summed E-state index contributed by atoms with van der Waals surface area (Å²) in [5.74, 6) is 0.485. The van der Waals surface area contributed by atoms with Crippen molar-refractivity contribution in [3.8, 4) is 0 Å². The summed E-state index contributed by atoms with van der Waals surface area (Å²) in [7, 11) is 0. The quantitative estimate of drug-likeness (QED) is 0.364. The molecule has 0 aromatic heterocycles. The molecule has 152 valence electrons. The van der Waals surface area contributed by atoms with Crippen LogP contribution in [0.25, 0.3) is 0 Å². The van der Waals surface area contributed by atoms with E-state index >= 15 is 0 Å². The van der Waals surface area contributed by atoms with E-state index in [4.69, 9.17) is 4.74 Å². The molecule has 1 heterocycles. The van der Waals surface area contributed by atoms with E-state index in [0.29, 0.717) is 13.1 Å². The molecule has 0 unspecified atom stereocenters. The van der Waals surface area contributed by atoms with Gasteiger partial charge in [0.1, 0.15) is 5.82 Å². The summed E-state index contributed by atoms with van der Waals surface area (Å²) in [5.41, 5.74) is 3.30. The maximum absolute atomic E-state index is 13.3. The Morgan fingerprint density at radius 1 is 1.11 bits per heavy atom. The van der Waals surface area contributed by atoms with Crippen molar-refractivity contribution in [1.82, 2.24) is 10.6 Å². The van der Waals surface area contributed by atoms with Crippen LogP contribution in [0, 0.1) is 5.82 Å². The first-order valence-electron chi connectivity index (χ1n) is 9.43. The third-order valence-electron chi connectivity index (χ3n) is 4.44. The molecule has 2 aromatic rings. The summed E-state index contributed by atoms with van der Waals surface area (Å²) in [4.78, 5) is 6.93. The number of nitrogens with one attached hydrogen (secondary N) is 2. The topological polar surface area (TPSA) is 48.9 Å². The highest BCUT2D eigenvalue weighted by Gasteiger charge is 2.14. The van der Waals surface area contributed by atoms with E-state index in [1.807, 2.05) is 13.0 Å². The molecule has 1 fully saturated rings. The molecule has 28 heavy (non-hydrogen) atoms. The molecule has 2 N–H and O–H groups in total. The molecule has 1 saturated heterocycles. The Morgan fingerprint density at radius 3 is 2.64 bits per heavy atom. The number of morpholine rings is 1. The number of guanidine groups is 1. The van der Waals surface area contributed by atoms with Crippen molar-refractivity contribution >= 4 is 35.6 Å². The average molecular weight is 498 g/mol. The van der Waals surface area contributed by atoms with Crippen LogP contribution in [0.1, 0.15) is 18.1 Å². The summed E-state index contributed by atoms with van der Waals surface area (Å²) < 4.78 is 18.8. The van der Waals surface area contributed by atoms with E-state index in [1.165, 1.54) is 23.4 Å². The first kappa shape index (κ1) is 22.4. The van der Waals surface area contributed by atoms with Crippen molar-refractivity contribution < 1.29 is 9.13 Å². The van der Waals surface area contributed by atoms with Gasteiger partial charge in [0.15, 0.2) is 5.96 Å². The van der Waals surface area contributed by atoms with Gasteiger partial charge in [-0.15, -0.1) is 24.0 Å². The first-order valence-corrected chi connectivity index (χ1v) is 9.43. The van der Waals surface area contributed by atoms with Gasteiger partial charge in [-0.25, -0.2) is 9.38 Å². The summed E-state index contributed by atoms with van der Waals surface area (Å²) >= 11 is 0. The minimum Gasteiger partial charge on any atom is -0.378 e. The van der Waals surface area contributed by atoms with Crippen molar-refractivity contribution in [1.29, 1.82) is 0 Å². The maximum atomic E-state index is 13.3. The lowest BCUT2D eigenvalue weighted by molar-refractivity contribution is 0.122. The predicted octanol–water partition coefficient (Wildman–Crippen LogP) is 3.54. The molecular weight excluding hydrogens is 470 g/mol. The van der Waals surface area contributed by atoms with Gasteiger partial charge in [0.25, 0.3) is 0 Å². The summed E-state index contributed by atoms with van der Waals surface area (Å²) in [5, 5.41) is 6.64. The van der Waals surface area contributed by atoms with Crippen LogP contribution in [0.2, 0.25) is 0 Å². The van der Waals surface area contributed by atoms with Crippen molar-refractivity contribution in [3.63, 3.8) is 0 Å². The first-order chi connectivity index (χ1) is 13.3. The van der Waals surface area contributed by atoms with Crippen LogP contribution >= 0.6 is 24.0 Å². The number of nitrogens with zero attached hydrogens (tertiary/aromatic N) is 2. The fourth-order valence-electron chi connectivity index (χ4n) is 3.10. The second-order valence-corrected chi connectivity index (χ2v) is 6.41. The second kappa shape index (κ2) is 11.9. The number of benzene rings is 2. The largest absolute Gasteiger partial charge is 0.378 e. The Kier molecular flexibility index (Phi) is 9.49. The monoisotopic (exact) mass is 498 g/mol. The standard InChI is InChI=1S/C21H27FN4O.HI/c1-2-23-21(24-15-17-6-5-8-19(22)14-17)25-16-18-7-3-4-9-20(18)26-10-12-27-13-11-26;/h3-9,14H,2,10-13,15-16H2,1H3,(H2,23,24,25);1H. The number of aliphatic imine (C=N–C) groups is 1. The Labute approximate surface area is 183 Å². The van der Waals surface area contributed by atoms with Crippen LogP contribution in [-0.4, -0.2) is 38.8 Å². The molecule has 0 bridgehead atoms. The number of hydrogen-bond donors (Lipinski definition) is 2. The zero-order valence-corrected chi connectivity index (χ0v) is 18.5. The Bertz CT molecular complexity index is 766. The zero-order chi connectivity index (χ0) is 18.9. The molecule has 7 heteroatoms. The molecule has 3 rings (SSSR count). The smallest absolute Gasteiger partial charge is 0.191 e. The molecule has 0 saturated carbocycles. The van der Waals surface area contributed by atoms with E-state index in [2.05, 4.69) is 44.8 Å². The van der Waals surface area contributed by atoms with Gasteiger partial charge in [-0.2, -0.15) is 0 Å². The van der Waals surface area contributed by atoms with Crippen LogP contribution < -0.4 is 15.5 Å². The number of hydrogen-bond acceptors (Lipinski definition) is 3. The van der Waals surface area contributed by atoms with Gasteiger partial charge in [-0.05, 0) is 36.2 Å². The third-order valence-corrected chi connectivity index (χ3v) is 4.44. The van der Waals surface area contributed by atoms with Crippen molar-refractivity contribution in [3.05, 3.63) is 65.5 Å². The second-order valence-electron chi connectivity index (χ2n) is 6.41. The molecular formula is C21H28FIN4O. The fraction of sp³-hybridized carbons (Fsp3) is 0.381. The van der Waals surface area contributed by atoms with Crippen LogP contribution in [0.5, 0.6) is 0 Å². The van der Waals surface area contributed by atoms with Crippen molar-refractivity contribution in [2.45, 2.75) is 20.0 Å². The molecule has 2 aromatic carbocycles. The number of anilines is 1. The highest BCUT2D eigenvalue weighted by atomic mass is 127. The van der Waals surface area contributed by atoms with E-state index in [1.54, 1.807) is 6.07 Å². The minimum absolute atomic E-state index is 0. The van der Waals surface area contributed by atoms with Crippen LogP contribution in [0.15, 0.2) is 53.5 Å². The van der Waals surface area contributed by atoms with E-state index in [9.17, 15) is 4.39 Å². The zero-order valence-electron chi connectivity index (χ0n) is 16.2. The lowest BCUT2D eigenvalue weighted by Crippen LogP contribution is -2.39. The Hall–Kier alpha value is -1.87. The number of rotatable bonds is 6. The van der Waals surface area contributed by atoms with E-state index < -0.39 is 0 Å². The number of para-hydroxylation sites is 1. The molecule has 1 aliphatic heterocycles. The van der Waals surface area contributed by atoms with Crippen molar-refractivity contribution in [2.24, 2.45) is 4.99 Å². The van der Waals surface area contributed by atoms with Gasteiger partial charge in [-0.1, -0.05) is 30.3 Å². The lowest BCUT2D eigenvalue weighted by Gasteiger charge is -2.30. The number of ether oxygens (including phenoxy) is 1. The van der Waals surface area contributed by atoms with Gasteiger partial charge in [0, 0.05) is 31.9 Å². The van der Waals surface area contributed by atoms with Gasteiger partial charge in [0.05, 0.1) is 19.8 Å². The molecule has 5 nitrogen and oxygen atoms in total. The molecule has 0 spiro atoms. The minimum atomic E-state index is -0.236. The molecule has 1 aliphatic rings. The summed E-state index contributed by atoms with van der Waals surface area (Å²) in [6.07, 6.45) is 0. The van der Waals surface area contributed by atoms with Crippen LogP contribution in [0.4, 0.5) is 10.1 Å². The average Bonchev–Trinajstić information content (AvgIpc) is 2.71. The Morgan fingerprint density at radius 2 is 1.89 bits per heavy atom. The normalized spacial score (nSPS) is 14.4. The molecule has 0 atom stereocenters. The van der Waals surface area contributed by atoms with Crippen LogP contribution in [0.3, 0.4) is 0 Å². The lowest BCUT2D eigenvalue weighted by atomic mass is 10.1. The SMILES string of the molecule is CCNC(=NCc1cccc(F)c1)NCc1ccccc1N1CCOCC1.I. The third kappa shape index (κ3) is 6.63. The van der Waals surface area contributed by atoms with Crippen LogP contribution in [-0.2, 0) is 17.8 Å². The number of halogens is 2. The molecule has 0 radical (unpaired) electrons. The summed E-state index contributed by atoms with van der Waals surface area (Å²) in [6.45, 7) is 7.23. The molecule has 0 aliphatic carbocycles. The van der Waals surface area contributed by atoms with E-state index in [-0.39, 0.29) is 29.8 Å². The summed E-state index contributed by atoms with van der Waals surface area (Å²) in [6, 6.07) is 14.9. The van der Waals surface area contributed by atoms with Gasteiger partial charge in [-0.3, -0.25) is 0 Å². The van der Waals surface area contributed by atoms with Gasteiger partial charge in [0.2, 0.25) is 0 Å².